The minimum Gasteiger partial charge on any atom is -0.406 e. The van der Waals surface area contributed by atoms with Crippen molar-refractivity contribution in [3.05, 3.63) is 95.8 Å². The monoisotopic (exact) mass is 598 g/mol. The van der Waals surface area contributed by atoms with Gasteiger partial charge in [0.15, 0.2) is 11.0 Å². The first-order valence-corrected chi connectivity index (χ1v) is 13.5. The summed E-state index contributed by atoms with van der Waals surface area (Å²) in [7, 11) is 0. The van der Waals surface area contributed by atoms with Crippen LogP contribution >= 0.6 is 11.8 Å². The van der Waals surface area contributed by atoms with Crippen LogP contribution in [-0.4, -0.2) is 44.0 Å². The second-order valence-electron chi connectivity index (χ2n) is 9.14. The largest absolute Gasteiger partial charge is 0.573 e. The SMILES string of the molecule is Cc1ccc(F)c(N2C(=O)CS/C2=N\C(=O)Nc2ccc(CCc3ncn(-c4ccc(OC(F)(F)F)cc4)n3)cc2)c1. The van der Waals surface area contributed by atoms with Crippen LogP contribution in [0.2, 0.25) is 0 Å². The van der Waals surface area contributed by atoms with Crippen LogP contribution in [-0.2, 0) is 17.6 Å². The van der Waals surface area contributed by atoms with E-state index in [2.05, 4.69) is 25.1 Å². The first-order valence-electron chi connectivity index (χ1n) is 12.5. The molecule has 1 aliphatic rings. The molecule has 0 bridgehead atoms. The maximum Gasteiger partial charge on any atom is 0.573 e. The highest BCUT2D eigenvalue weighted by Crippen LogP contribution is 2.30. The lowest BCUT2D eigenvalue weighted by Gasteiger charge is -2.17. The highest BCUT2D eigenvalue weighted by Gasteiger charge is 2.32. The third-order valence-corrected chi connectivity index (χ3v) is 6.95. The average Bonchev–Trinajstić information content (AvgIpc) is 3.56. The number of carbonyl (C=O) groups excluding carboxylic acids is 2. The molecule has 42 heavy (non-hydrogen) atoms. The lowest BCUT2D eigenvalue weighted by atomic mass is 10.1. The predicted molar refractivity (Wildman–Crippen MR) is 149 cm³/mol. The summed E-state index contributed by atoms with van der Waals surface area (Å²) in [6.07, 6.45) is -2.20. The van der Waals surface area contributed by atoms with E-state index >= 15 is 0 Å². The van der Waals surface area contributed by atoms with Gasteiger partial charge in [0.2, 0.25) is 5.91 Å². The average molecular weight is 599 g/mol. The molecule has 0 atom stereocenters. The van der Waals surface area contributed by atoms with Crippen LogP contribution < -0.4 is 15.0 Å². The van der Waals surface area contributed by atoms with E-state index in [1.54, 1.807) is 25.1 Å². The topological polar surface area (TPSA) is 102 Å². The zero-order chi connectivity index (χ0) is 29.9. The summed E-state index contributed by atoms with van der Waals surface area (Å²) in [5.74, 6) is -0.698. The first-order chi connectivity index (χ1) is 20.0. The van der Waals surface area contributed by atoms with Crippen LogP contribution in [0.25, 0.3) is 5.69 Å². The van der Waals surface area contributed by atoms with Crippen molar-refractivity contribution in [3.8, 4) is 11.4 Å². The number of benzene rings is 3. The number of ether oxygens (including phenoxy) is 1. The Balaban J connectivity index is 1.16. The Kier molecular flexibility index (Phi) is 8.24. The number of anilines is 2. The number of carbonyl (C=O) groups is 2. The van der Waals surface area contributed by atoms with Gasteiger partial charge in [0.25, 0.3) is 0 Å². The van der Waals surface area contributed by atoms with Crippen LogP contribution in [0.3, 0.4) is 0 Å². The number of alkyl halides is 3. The molecule has 5 rings (SSSR count). The van der Waals surface area contributed by atoms with Crippen molar-refractivity contribution in [2.75, 3.05) is 16.0 Å². The van der Waals surface area contributed by atoms with Crippen molar-refractivity contribution >= 4 is 40.2 Å². The van der Waals surface area contributed by atoms with Gasteiger partial charge >= 0.3 is 12.4 Å². The second kappa shape index (κ2) is 12.0. The minimum absolute atomic E-state index is 0.0461. The molecule has 0 aliphatic carbocycles. The Hall–Kier alpha value is -4.72. The van der Waals surface area contributed by atoms with Crippen LogP contribution in [0.15, 0.2) is 78.0 Å². The molecule has 2 heterocycles. The second-order valence-corrected chi connectivity index (χ2v) is 10.1. The highest BCUT2D eigenvalue weighted by molar-refractivity contribution is 8.15. The third kappa shape index (κ3) is 7.13. The number of aromatic nitrogens is 3. The molecule has 1 saturated heterocycles. The summed E-state index contributed by atoms with van der Waals surface area (Å²) >= 11 is 1.06. The van der Waals surface area contributed by atoms with Gasteiger partial charge in [0.1, 0.15) is 17.9 Å². The quantitative estimate of drug-likeness (QED) is 0.259. The zero-order valence-corrected chi connectivity index (χ0v) is 22.7. The van der Waals surface area contributed by atoms with Gasteiger partial charge in [0, 0.05) is 12.1 Å². The number of nitrogens with one attached hydrogen (secondary N) is 1. The lowest BCUT2D eigenvalue weighted by Crippen LogP contribution is -2.31. The number of halogens is 4. The maximum absolute atomic E-state index is 14.4. The van der Waals surface area contributed by atoms with Crippen molar-refractivity contribution < 1.29 is 31.9 Å². The molecule has 1 aliphatic heterocycles. The molecule has 1 aromatic heterocycles. The highest BCUT2D eigenvalue weighted by atomic mass is 32.2. The summed E-state index contributed by atoms with van der Waals surface area (Å²) in [5, 5.41) is 7.11. The number of rotatable bonds is 7. The molecule has 3 aromatic carbocycles. The van der Waals surface area contributed by atoms with Crippen LogP contribution in [0.4, 0.5) is 33.7 Å². The summed E-state index contributed by atoms with van der Waals surface area (Å²) in [5.41, 5.74) is 2.77. The van der Waals surface area contributed by atoms with E-state index in [0.29, 0.717) is 30.0 Å². The molecule has 3 amide bonds. The van der Waals surface area contributed by atoms with Gasteiger partial charge in [-0.1, -0.05) is 30.0 Å². The molecule has 0 unspecified atom stereocenters. The van der Waals surface area contributed by atoms with E-state index in [4.69, 9.17) is 0 Å². The fourth-order valence-corrected chi connectivity index (χ4v) is 4.92. The Morgan fingerprint density at radius 1 is 1.07 bits per heavy atom. The summed E-state index contributed by atoms with van der Waals surface area (Å²) < 4.78 is 56.8. The van der Waals surface area contributed by atoms with Crippen molar-refractivity contribution in [1.29, 1.82) is 0 Å². The third-order valence-electron chi connectivity index (χ3n) is 6.02. The first kappa shape index (κ1) is 28.8. The summed E-state index contributed by atoms with van der Waals surface area (Å²) in [4.78, 5) is 34.3. The van der Waals surface area contributed by atoms with Crippen molar-refractivity contribution in [2.45, 2.75) is 26.1 Å². The number of hydrogen-bond donors (Lipinski definition) is 1. The van der Waals surface area contributed by atoms with E-state index in [1.807, 2.05) is 12.1 Å². The van der Waals surface area contributed by atoms with E-state index in [9.17, 15) is 27.2 Å². The molecule has 14 heteroatoms. The Morgan fingerprint density at radius 3 is 2.52 bits per heavy atom. The molecular formula is C28H22F4N6O3S. The number of urea groups is 1. The molecule has 0 radical (unpaired) electrons. The number of amides is 3. The smallest absolute Gasteiger partial charge is 0.406 e. The van der Waals surface area contributed by atoms with Crippen molar-refractivity contribution in [2.24, 2.45) is 4.99 Å². The van der Waals surface area contributed by atoms with Crippen LogP contribution in [0.1, 0.15) is 17.0 Å². The Bertz CT molecular complexity index is 1640. The van der Waals surface area contributed by atoms with E-state index in [1.165, 1.54) is 47.4 Å². The van der Waals surface area contributed by atoms with Gasteiger partial charge in [-0.3, -0.25) is 9.69 Å². The molecule has 216 valence electrons. The number of thioether (sulfide) groups is 1. The fourth-order valence-electron chi connectivity index (χ4n) is 4.06. The molecule has 0 saturated carbocycles. The number of nitrogens with zero attached hydrogens (tertiary/aromatic N) is 5. The molecule has 1 N–H and O–H groups in total. The van der Waals surface area contributed by atoms with Crippen molar-refractivity contribution in [3.63, 3.8) is 0 Å². The zero-order valence-electron chi connectivity index (χ0n) is 21.9. The number of aryl methyl sites for hydroxylation is 3. The summed E-state index contributed by atoms with van der Waals surface area (Å²) in [6, 6.07) is 16.0. The van der Waals surface area contributed by atoms with Gasteiger partial charge in [-0.2, -0.15) is 10.1 Å². The molecule has 4 aromatic rings. The van der Waals surface area contributed by atoms with Gasteiger partial charge < -0.3 is 10.1 Å². The predicted octanol–water partition coefficient (Wildman–Crippen LogP) is 6.07. The van der Waals surface area contributed by atoms with Crippen molar-refractivity contribution in [1.82, 2.24) is 14.8 Å². The molecule has 0 spiro atoms. The maximum atomic E-state index is 14.4. The minimum atomic E-state index is -4.76. The standard InChI is InChI=1S/C28H22F4N6O3S/c1-17-2-12-22(29)23(14-17)38-25(39)15-42-27(38)35-26(40)34-19-6-3-18(4-7-19)5-13-24-33-16-37(36-24)20-8-10-21(11-9-20)41-28(30,31)32/h2-4,6-12,14,16H,5,13,15H2,1H3,(H,34,40)/b35-27-. The number of aliphatic imine (C=N–C) groups is 1. The molecule has 9 nitrogen and oxygen atoms in total. The Morgan fingerprint density at radius 2 is 1.81 bits per heavy atom. The normalized spacial score (nSPS) is 14.5. The molecular weight excluding hydrogens is 576 g/mol. The van der Waals surface area contributed by atoms with Gasteiger partial charge in [-0.25, -0.2) is 18.9 Å². The van der Waals surface area contributed by atoms with Gasteiger partial charge in [-0.05, 0) is 73.0 Å². The Labute approximate surface area is 241 Å². The lowest BCUT2D eigenvalue weighted by molar-refractivity contribution is -0.274. The summed E-state index contributed by atoms with van der Waals surface area (Å²) in [6.45, 7) is 1.77. The van der Waals surface area contributed by atoms with E-state index in [0.717, 1.165) is 27.8 Å². The van der Waals surface area contributed by atoms with Gasteiger partial charge in [-0.15, -0.1) is 13.2 Å². The number of hydrogen-bond acceptors (Lipinski definition) is 6. The van der Waals surface area contributed by atoms with Crippen LogP contribution in [0, 0.1) is 12.7 Å². The van der Waals surface area contributed by atoms with E-state index < -0.39 is 18.2 Å². The number of amidine groups is 1. The van der Waals surface area contributed by atoms with Gasteiger partial charge in [0.05, 0.1) is 17.1 Å². The molecule has 1 fully saturated rings. The fraction of sp³-hybridized carbons (Fsp3) is 0.179. The van der Waals surface area contributed by atoms with Crippen LogP contribution in [0.5, 0.6) is 5.75 Å². The van der Waals surface area contributed by atoms with E-state index in [-0.39, 0.29) is 28.3 Å².